The van der Waals surface area contributed by atoms with Gasteiger partial charge in [0, 0.05) is 31.8 Å². The van der Waals surface area contributed by atoms with E-state index < -0.39 is 0 Å². The average molecular weight is 327 g/mol. The van der Waals surface area contributed by atoms with Gasteiger partial charge in [-0.05, 0) is 24.5 Å². The van der Waals surface area contributed by atoms with Crippen molar-refractivity contribution in [2.24, 2.45) is 0 Å². The van der Waals surface area contributed by atoms with Crippen molar-refractivity contribution >= 4 is 5.91 Å². The summed E-state index contributed by atoms with van der Waals surface area (Å²) in [5.41, 5.74) is 1.82. The molecule has 2 heterocycles. The number of likely N-dealkylation sites (tertiary alicyclic amines) is 1. The molecule has 5 heteroatoms. The molecule has 5 nitrogen and oxygen atoms in total. The van der Waals surface area contributed by atoms with E-state index in [4.69, 9.17) is 4.74 Å². The van der Waals surface area contributed by atoms with Crippen LogP contribution in [0.15, 0.2) is 42.6 Å². The number of hydrogen-bond acceptors (Lipinski definition) is 3. The van der Waals surface area contributed by atoms with Gasteiger partial charge < -0.3 is 9.64 Å². The van der Waals surface area contributed by atoms with Gasteiger partial charge in [-0.15, -0.1) is 0 Å². The monoisotopic (exact) mass is 327 g/mol. The van der Waals surface area contributed by atoms with Crippen LogP contribution in [0.25, 0.3) is 0 Å². The molecule has 1 aliphatic heterocycles. The smallest absolute Gasteiger partial charge is 0.274 e. The summed E-state index contributed by atoms with van der Waals surface area (Å²) >= 11 is 0. The van der Waals surface area contributed by atoms with Crippen molar-refractivity contribution in [3.05, 3.63) is 53.9 Å². The quantitative estimate of drug-likeness (QED) is 0.848. The number of ether oxygens (including phenoxy) is 1. The number of carbonyl (C=O) groups excluding carboxylic acids is 1. The third-order valence-electron chi connectivity index (χ3n) is 4.84. The van der Waals surface area contributed by atoms with Crippen LogP contribution in [0, 0.1) is 0 Å². The van der Waals surface area contributed by atoms with Gasteiger partial charge in [-0.3, -0.25) is 9.48 Å². The van der Waals surface area contributed by atoms with E-state index in [2.05, 4.69) is 36.3 Å². The molecule has 1 saturated heterocycles. The van der Waals surface area contributed by atoms with E-state index in [1.54, 1.807) is 17.9 Å². The fraction of sp³-hybridized carbons (Fsp3) is 0.474. The van der Waals surface area contributed by atoms with Crippen molar-refractivity contribution in [2.75, 3.05) is 26.8 Å². The van der Waals surface area contributed by atoms with Gasteiger partial charge in [-0.2, -0.15) is 5.10 Å². The maximum atomic E-state index is 12.8. The molecular formula is C19H25N3O2. The molecule has 2 aromatic rings. The summed E-state index contributed by atoms with van der Waals surface area (Å²) in [6.07, 6.45) is 3.96. The lowest BCUT2D eigenvalue weighted by molar-refractivity contribution is 0.0643. The predicted molar refractivity (Wildman–Crippen MR) is 93.0 cm³/mol. The summed E-state index contributed by atoms with van der Waals surface area (Å²) in [6, 6.07) is 12.3. The molecular weight excluding hydrogens is 302 g/mol. The highest BCUT2D eigenvalue weighted by molar-refractivity contribution is 5.92. The lowest BCUT2D eigenvalue weighted by Crippen LogP contribution is -2.47. The number of amides is 1. The van der Waals surface area contributed by atoms with Crippen LogP contribution < -0.4 is 0 Å². The number of benzene rings is 1. The Labute approximate surface area is 143 Å². The van der Waals surface area contributed by atoms with Crippen LogP contribution >= 0.6 is 0 Å². The number of rotatable bonds is 5. The van der Waals surface area contributed by atoms with E-state index in [0.717, 1.165) is 25.9 Å². The van der Waals surface area contributed by atoms with Gasteiger partial charge in [0.2, 0.25) is 0 Å². The second kappa shape index (κ2) is 7.18. The molecule has 0 N–H and O–H groups in total. The van der Waals surface area contributed by atoms with Crippen LogP contribution in [0.3, 0.4) is 0 Å². The third-order valence-corrected chi connectivity index (χ3v) is 4.84. The van der Waals surface area contributed by atoms with Crippen LogP contribution in [0.5, 0.6) is 0 Å². The zero-order chi connectivity index (χ0) is 17.0. The van der Waals surface area contributed by atoms with Crippen molar-refractivity contribution in [1.29, 1.82) is 0 Å². The van der Waals surface area contributed by atoms with E-state index in [1.165, 1.54) is 5.56 Å². The molecule has 24 heavy (non-hydrogen) atoms. The Bertz CT molecular complexity index is 683. The molecule has 0 aliphatic carbocycles. The van der Waals surface area contributed by atoms with Gasteiger partial charge in [0.1, 0.15) is 5.69 Å². The lowest BCUT2D eigenvalue weighted by atomic mass is 9.76. The van der Waals surface area contributed by atoms with Gasteiger partial charge in [-0.25, -0.2) is 0 Å². The zero-order valence-electron chi connectivity index (χ0n) is 14.4. The summed E-state index contributed by atoms with van der Waals surface area (Å²) in [6.45, 7) is 5.03. The van der Waals surface area contributed by atoms with Crippen molar-refractivity contribution in [1.82, 2.24) is 14.7 Å². The zero-order valence-corrected chi connectivity index (χ0v) is 14.4. The highest BCUT2D eigenvalue weighted by Gasteiger charge is 2.35. The number of hydrogen-bond donors (Lipinski definition) is 0. The first-order chi connectivity index (χ1) is 11.6. The minimum absolute atomic E-state index is 0.00772. The Morgan fingerprint density at radius 3 is 2.83 bits per heavy atom. The lowest BCUT2D eigenvalue weighted by Gasteiger charge is -2.40. The topological polar surface area (TPSA) is 47.4 Å². The first kappa shape index (κ1) is 16.7. The summed E-state index contributed by atoms with van der Waals surface area (Å²) in [5, 5.41) is 4.39. The van der Waals surface area contributed by atoms with E-state index in [9.17, 15) is 4.79 Å². The molecule has 1 aromatic heterocycles. The molecule has 0 saturated carbocycles. The molecule has 1 aliphatic rings. The fourth-order valence-electron chi connectivity index (χ4n) is 3.44. The Hall–Kier alpha value is -2.14. The van der Waals surface area contributed by atoms with Crippen LogP contribution in [0.2, 0.25) is 0 Å². The molecule has 1 atom stereocenters. The molecule has 3 rings (SSSR count). The van der Waals surface area contributed by atoms with Crippen molar-refractivity contribution < 1.29 is 9.53 Å². The summed E-state index contributed by atoms with van der Waals surface area (Å²) < 4.78 is 6.81. The number of piperidine rings is 1. The Morgan fingerprint density at radius 2 is 2.08 bits per heavy atom. The van der Waals surface area contributed by atoms with Crippen molar-refractivity contribution in [3.8, 4) is 0 Å². The molecule has 1 fully saturated rings. The second-order valence-corrected chi connectivity index (χ2v) is 6.71. The predicted octanol–water partition coefficient (Wildman–Crippen LogP) is 2.72. The van der Waals surface area contributed by atoms with E-state index >= 15 is 0 Å². The van der Waals surface area contributed by atoms with Gasteiger partial charge in [0.15, 0.2) is 0 Å². The summed E-state index contributed by atoms with van der Waals surface area (Å²) in [5.74, 6) is 0.0213. The molecule has 0 radical (unpaired) electrons. The normalized spacial score (nSPS) is 21.0. The Morgan fingerprint density at radius 1 is 1.29 bits per heavy atom. The highest BCUT2D eigenvalue weighted by Crippen LogP contribution is 2.33. The molecule has 0 bridgehead atoms. The first-order valence-corrected chi connectivity index (χ1v) is 8.49. The molecule has 128 valence electrons. The van der Waals surface area contributed by atoms with E-state index in [-0.39, 0.29) is 11.3 Å². The van der Waals surface area contributed by atoms with Crippen LogP contribution in [-0.2, 0) is 16.7 Å². The SMILES string of the molecule is COCCn1ccc(C(=O)N2CCC[C@](C)(c3ccccc3)C2)n1. The summed E-state index contributed by atoms with van der Waals surface area (Å²) in [4.78, 5) is 14.8. The number of nitrogens with zero attached hydrogens (tertiary/aromatic N) is 3. The number of aromatic nitrogens is 2. The molecule has 1 aromatic carbocycles. The van der Waals surface area contributed by atoms with Crippen molar-refractivity contribution in [2.45, 2.75) is 31.7 Å². The average Bonchev–Trinajstić information content (AvgIpc) is 3.09. The maximum absolute atomic E-state index is 12.8. The number of methoxy groups -OCH3 is 1. The standard InChI is InChI=1S/C19H25N3O2/c1-19(16-7-4-3-5-8-16)10-6-11-21(15-19)18(23)17-9-12-22(20-17)13-14-24-2/h3-5,7-9,12H,6,10-11,13-15H2,1-2H3/t19-/m0/s1. The highest BCUT2D eigenvalue weighted by atomic mass is 16.5. The van der Waals surface area contributed by atoms with Crippen LogP contribution in [-0.4, -0.2) is 47.4 Å². The minimum Gasteiger partial charge on any atom is -0.383 e. The van der Waals surface area contributed by atoms with Gasteiger partial charge in [0.05, 0.1) is 13.2 Å². The maximum Gasteiger partial charge on any atom is 0.274 e. The van der Waals surface area contributed by atoms with E-state index in [0.29, 0.717) is 18.8 Å². The first-order valence-electron chi connectivity index (χ1n) is 8.49. The molecule has 0 spiro atoms. The minimum atomic E-state index is 0.00772. The molecule has 1 amide bonds. The molecule has 0 unspecified atom stereocenters. The number of carbonyl (C=O) groups is 1. The summed E-state index contributed by atoms with van der Waals surface area (Å²) in [7, 11) is 1.66. The third kappa shape index (κ3) is 3.51. The van der Waals surface area contributed by atoms with Crippen LogP contribution in [0.1, 0.15) is 35.8 Å². The van der Waals surface area contributed by atoms with Crippen molar-refractivity contribution in [3.63, 3.8) is 0 Å². The van der Waals surface area contributed by atoms with E-state index in [1.807, 2.05) is 17.2 Å². The second-order valence-electron chi connectivity index (χ2n) is 6.71. The van der Waals surface area contributed by atoms with Crippen LogP contribution in [0.4, 0.5) is 0 Å². The largest absolute Gasteiger partial charge is 0.383 e. The van der Waals surface area contributed by atoms with Gasteiger partial charge >= 0.3 is 0 Å². The fourth-order valence-corrected chi connectivity index (χ4v) is 3.44. The van der Waals surface area contributed by atoms with Gasteiger partial charge in [-0.1, -0.05) is 37.3 Å². The Kier molecular flexibility index (Phi) is 5.00. The Balaban J connectivity index is 1.72. The van der Waals surface area contributed by atoms with Gasteiger partial charge in [0.25, 0.3) is 5.91 Å².